The number of likely N-dealkylation sites (N-methyl/N-ethyl adjacent to an activating group) is 1. The average molecular weight is 270 g/mol. The first-order chi connectivity index (χ1) is 9.19. The lowest BCUT2D eigenvalue weighted by molar-refractivity contribution is -0.0498. The van der Waals surface area contributed by atoms with E-state index in [0.717, 1.165) is 25.2 Å². The lowest BCUT2D eigenvalue weighted by Crippen LogP contribution is -2.36. The molecule has 1 heterocycles. The third-order valence-electron chi connectivity index (χ3n) is 3.47. The molecule has 1 atom stereocenters. The molecule has 19 heavy (non-hydrogen) atoms. The molecule has 1 fully saturated rings. The number of nitrogens with zero attached hydrogens (tertiary/aromatic N) is 1. The van der Waals surface area contributed by atoms with Crippen LogP contribution in [0, 0.1) is 0 Å². The quantitative estimate of drug-likeness (QED) is 0.859. The van der Waals surface area contributed by atoms with Gasteiger partial charge >= 0.3 is 6.61 Å². The molecule has 1 aliphatic rings. The first-order valence-corrected chi connectivity index (χ1v) is 6.61. The largest absolute Gasteiger partial charge is 0.435 e. The Kier molecular flexibility index (Phi) is 5.10. The number of hydrogen-bond donors (Lipinski definition) is 1. The second-order valence-corrected chi connectivity index (χ2v) is 4.85. The number of nitrogens with one attached hydrogen (secondary N) is 1. The molecule has 1 aromatic carbocycles. The van der Waals surface area contributed by atoms with Crippen LogP contribution in [-0.2, 0) is 6.54 Å². The molecule has 0 aliphatic carbocycles. The summed E-state index contributed by atoms with van der Waals surface area (Å²) in [7, 11) is 1.97. The molecule has 0 spiro atoms. The minimum absolute atomic E-state index is 0.215. The van der Waals surface area contributed by atoms with Crippen molar-refractivity contribution in [2.45, 2.75) is 32.0 Å². The summed E-state index contributed by atoms with van der Waals surface area (Å²) in [5.41, 5.74) is 1.13. The van der Waals surface area contributed by atoms with Crippen molar-refractivity contribution < 1.29 is 13.5 Å². The highest BCUT2D eigenvalue weighted by atomic mass is 19.3. The van der Waals surface area contributed by atoms with Gasteiger partial charge in [-0.3, -0.25) is 4.90 Å². The Morgan fingerprint density at radius 2 is 2.11 bits per heavy atom. The molecule has 0 bridgehead atoms. The van der Waals surface area contributed by atoms with E-state index in [-0.39, 0.29) is 5.75 Å². The Labute approximate surface area is 112 Å². The Balaban J connectivity index is 1.91. The monoisotopic (exact) mass is 270 g/mol. The van der Waals surface area contributed by atoms with Crippen LogP contribution in [0.2, 0.25) is 0 Å². The first kappa shape index (κ1) is 14.2. The van der Waals surface area contributed by atoms with Crippen molar-refractivity contribution in [1.82, 2.24) is 10.2 Å². The topological polar surface area (TPSA) is 24.5 Å². The minimum Gasteiger partial charge on any atom is -0.435 e. The molecule has 5 heteroatoms. The molecule has 0 radical (unpaired) electrons. The molecule has 1 aromatic rings. The third-order valence-corrected chi connectivity index (χ3v) is 3.47. The van der Waals surface area contributed by atoms with Crippen molar-refractivity contribution in [3.05, 3.63) is 29.8 Å². The second-order valence-electron chi connectivity index (χ2n) is 4.85. The van der Waals surface area contributed by atoms with E-state index in [2.05, 4.69) is 15.0 Å². The highest BCUT2D eigenvalue weighted by Gasteiger charge is 2.23. The average Bonchev–Trinajstić information content (AvgIpc) is 2.79. The van der Waals surface area contributed by atoms with E-state index in [0.29, 0.717) is 6.04 Å². The van der Waals surface area contributed by atoms with Crippen LogP contribution in [0.4, 0.5) is 8.78 Å². The van der Waals surface area contributed by atoms with Crippen LogP contribution in [0.15, 0.2) is 24.3 Å². The molecule has 1 N–H and O–H groups in total. The Morgan fingerprint density at radius 1 is 1.37 bits per heavy atom. The van der Waals surface area contributed by atoms with Crippen LogP contribution < -0.4 is 10.1 Å². The van der Waals surface area contributed by atoms with Crippen LogP contribution in [0.1, 0.15) is 18.4 Å². The Hall–Kier alpha value is -1.20. The smallest absolute Gasteiger partial charge is 0.387 e. The molecule has 0 amide bonds. The normalized spacial score (nSPS) is 20.1. The fraction of sp³-hybridized carbons (Fsp3) is 0.571. The maximum atomic E-state index is 12.0. The highest BCUT2D eigenvalue weighted by molar-refractivity contribution is 5.27. The van der Waals surface area contributed by atoms with Gasteiger partial charge in [0.2, 0.25) is 0 Å². The predicted molar refractivity (Wildman–Crippen MR) is 70.4 cm³/mol. The zero-order chi connectivity index (χ0) is 13.7. The van der Waals surface area contributed by atoms with Gasteiger partial charge in [0.15, 0.2) is 0 Å². The molecule has 1 saturated heterocycles. The van der Waals surface area contributed by atoms with Gasteiger partial charge in [0.05, 0.1) is 0 Å². The summed E-state index contributed by atoms with van der Waals surface area (Å²) in [6, 6.07) is 7.48. The molecule has 1 aliphatic heterocycles. The fourth-order valence-electron chi connectivity index (χ4n) is 2.58. The molecule has 106 valence electrons. The van der Waals surface area contributed by atoms with Gasteiger partial charge in [-0.05, 0) is 44.1 Å². The summed E-state index contributed by atoms with van der Waals surface area (Å²) in [4.78, 5) is 2.43. The van der Waals surface area contributed by atoms with Gasteiger partial charge in [0.25, 0.3) is 0 Å². The molecular formula is C14H20F2N2O. The fourth-order valence-corrected chi connectivity index (χ4v) is 2.58. The number of alkyl halides is 2. The standard InChI is InChI=1S/C14H20F2N2O/c1-17-9-12-3-2-8-18(12)10-11-4-6-13(7-5-11)19-14(15)16/h4-7,12,14,17H,2-3,8-10H2,1H3. The third kappa shape index (κ3) is 4.14. The van der Waals surface area contributed by atoms with Crippen molar-refractivity contribution in [2.24, 2.45) is 0 Å². The molecule has 2 rings (SSSR count). The van der Waals surface area contributed by atoms with Crippen LogP contribution in [0.25, 0.3) is 0 Å². The zero-order valence-corrected chi connectivity index (χ0v) is 11.1. The second kappa shape index (κ2) is 6.82. The van der Waals surface area contributed by atoms with Crippen molar-refractivity contribution >= 4 is 0 Å². The van der Waals surface area contributed by atoms with Crippen molar-refractivity contribution in [1.29, 1.82) is 0 Å². The van der Waals surface area contributed by atoms with E-state index in [1.807, 2.05) is 19.2 Å². The zero-order valence-electron chi connectivity index (χ0n) is 11.1. The maximum Gasteiger partial charge on any atom is 0.387 e. The van der Waals surface area contributed by atoms with Crippen molar-refractivity contribution in [3.63, 3.8) is 0 Å². The molecule has 1 unspecified atom stereocenters. The molecular weight excluding hydrogens is 250 g/mol. The van der Waals surface area contributed by atoms with Gasteiger partial charge in [-0.25, -0.2) is 0 Å². The van der Waals surface area contributed by atoms with Gasteiger partial charge in [0.1, 0.15) is 5.75 Å². The summed E-state index contributed by atoms with van der Waals surface area (Å²) in [6.07, 6.45) is 2.44. The summed E-state index contributed by atoms with van der Waals surface area (Å²) >= 11 is 0. The number of likely N-dealkylation sites (tertiary alicyclic amines) is 1. The first-order valence-electron chi connectivity index (χ1n) is 6.61. The van der Waals surface area contributed by atoms with Gasteiger partial charge in [-0.15, -0.1) is 0 Å². The van der Waals surface area contributed by atoms with E-state index < -0.39 is 6.61 Å². The van der Waals surface area contributed by atoms with Gasteiger partial charge < -0.3 is 10.1 Å². The van der Waals surface area contributed by atoms with E-state index in [1.165, 1.54) is 12.8 Å². The van der Waals surface area contributed by atoms with Crippen LogP contribution in [0.3, 0.4) is 0 Å². The Morgan fingerprint density at radius 3 is 2.74 bits per heavy atom. The summed E-state index contributed by atoms with van der Waals surface area (Å²) in [6.45, 7) is 0.194. The number of hydrogen-bond acceptors (Lipinski definition) is 3. The van der Waals surface area contributed by atoms with E-state index in [1.54, 1.807) is 12.1 Å². The van der Waals surface area contributed by atoms with Crippen LogP contribution in [-0.4, -0.2) is 37.7 Å². The highest BCUT2D eigenvalue weighted by Crippen LogP contribution is 2.21. The SMILES string of the molecule is CNCC1CCCN1Cc1ccc(OC(F)F)cc1. The molecule has 0 aromatic heterocycles. The summed E-state index contributed by atoms with van der Waals surface area (Å²) < 4.78 is 28.4. The summed E-state index contributed by atoms with van der Waals surface area (Å²) in [5, 5.41) is 3.21. The van der Waals surface area contributed by atoms with E-state index in [9.17, 15) is 8.78 Å². The number of rotatable bonds is 6. The van der Waals surface area contributed by atoms with E-state index >= 15 is 0 Å². The molecule has 0 saturated carbocycles. The molecule has 3 nitrogen and oxygen atoms in total. The lowest BCUT2D eigenvalue weighted by atomic mass is 10.1. The predicted octanol–water partition coefficient (Wildman–Crippen LogP) is 2.47. The van der Waals surface area contributed by atoms with E-state index in [4.69, 9.17) is 0 Å². The number of ether oxygens (including phenoxy) is 1. The van der Waals surface area contributed by atoms with Crippen LogP contribution in [0.5, 0.6) is 5.75 Å². The van der Waals surface area contributed by atoms with Crippen molar-refractivity contribution in [2.75, 3.05) is 20.1 Å². The van der Waals surface area contributed by atoms with Gasteiger partial charge in [0, 0.05) is 19.1 Å². The number of halogens is 2. The van der Waals surface area contributed by atoms with Crippen molar-refractivity contribution in [3.8, 4) is 5.75 Å². The van der Waals surface area contributed by atoms with Gasteiger partial charge in [-0.1, -0.05) is 12.1 Å². The maximum absolute atomic E-state index is 12.0. The number of benzene rings is 1. The Bertz CT molecular complexity index is 384. The van der Waals surface area contributed by atoms with Gasteiger partial charge in [-0.2, -0.15) is 8.78 Å². The minimum atomic E-state index is -2.76. The lowest BCUT2D eigenvalue weighted by Gasteiger charge is -2.24. The summed E-state index contributed by atoms with van der Waals surface area (Å²) in [5.74, 6) is 0.215. The van der Waals surface area contributed by atoms with Crippen LogP contribution >= 0.6 is 0 Å².